The van der Waals surface area contributed by atoms with E-state index in [-0.39, 0.29) is 34.2 Å². The minimum Gasteiger partial charge on any atom is -0.397 e. The fraction of sp³-hybridized carbons (Fsp3) is 0.111. The van der Waals surface area contributed by atoms with Crippen molar-refractivity contribution in [1.82, 2.24) is 0 Å². The molecule has 0 aromatic heterocycles. The van der Waals surface area contributed by atoms with E-state index in [1.54, 1.807) is 0 Å². The van der Waals surface area contributed by atoms with Gasteiger partial charge in [0.15, 0.2) is 5.78 Å². The van der Waals surface area contributed by atoms with E-state index in [9.17, 15) is 4.79 Å². The molecule has 4 N–H and O–H groups in total. The number of nitriles is 1. The number of ketones is 1. The predicted octanol–water partition coefficient (Wildman–Crippen LogP) is 1.14. The first kappa shape index (κ1) is 10.4. The smallest absolute Gasteiger partial charge is 0.178 e. The summed E-state index contributed by atoms with van der Waals surface area (Å²) in [5.74, 6) is -0.521. The average molecular weight is 210 g/mol. The summed E-state index contributed by atoms with van der Waals surface area (Å²) in [6.07, 6.45) is 0. The average Bonchev–Trinajstić information content (AvgIpc) is 2.20. The molecule has 14 heavy (non-hydrogen) atoms. The molecule has 0 aliphatic carbocycles. The number of nitrogens with two attached hydrogens (primary N) is 2. The second-order valence-electron chi connectivity index (χ2n) is 2.70. The molecule has 0 aliphatic heterocycles. The van der Waals surface area contributed by atoms with Gasteiger partial charge >= 0.3 is 0 Å². The minimum atomic E-state index is -0.338. The van der Waals surface area contributed by atoms with Gasteiger partial charge in [-0.3, -0.25) is 4.79 Å². The quantitative estimate of drug-likeness (QED) is 0.434. The number of nitrogen functional groups attached to an aromatic ring is 2. The molecule has 0 saturated carbocycles. The molecule has 72 valence electrons. The zero-order valence-electron chi connectivity index (χ0n) is 7.25. The Morgan fingerprint density at radius 2 is 2.00 bits per heavy atom. The van der Waals surface area contributed by atoms with Crippen LogP contribution in [-0.2, 0) is 0 Å². The highest BCUT2D eigenvalue weighted by molar-refractivity contribution is 6.30. The van der Waals surface area contributed by atoms with E-state index in [2.05, 4.69) is 0 Å². The third kappa shape index (κ3) is 1.78. The fourth-order valence-electron chi connectivity index (χ4n) is 1.03. The second-order valence-corrected chi connectivity index (χ2v) is 2.96. The van der Waals surface area contributed by atoms with Gasteiger partial charge in [0.05, 0.1) is 28.9 Å². The number of hydrogen-bond acceptors (Lipinski definition) is 4. The molecule has 0 aliphatic rings. The molecular weight excluding hydrogens is 202 g/mol. The van der Waals surface area contributed by atoms with Crippen molar-refractivity contribution in [2.24, 2.45) is 0 Å². The van der Waals surface area contributed by atoms with Gasteiger partial charge in [0.2, 0.25) is 0 Å². The lowest BCUT2D eigenvalue weighted by Crippen LogP contribution is -2.06. The number of alkyl halides is 1. The van der Waals surface area contributed by atoms with E-state index in [1.807, 2.05) is 6.07 Å². The Hall–Kier alpha value is -1.73. The maximum Gasteiger partial charge on any atom is 0.178 e. The second kappa shape index (κ2) is 3.99. The number of Topliss-reactive ketones (excluding diaryl/α,β-unsaturated/α-hetero) is 1. The van der Waals surface area contributed by atoms with Crippen LogP contribution >= 0.6 is 11.6 Å². The van der Waals surface area contributed by atoms with Gasteiger partial charge in [-0.2, -0.15) is 5.26 Å². The third-order valence-corrected chi connectivity index (χ3v) is 2.01. The van der Waals surface area contributed by atoms with Gasteiger partial charge in [-0.1, -0.05) is 0 Å². The Kier molecular flexibility index (Phi) is 2.95. The molecule has 0 fully saturated rings. The molecule has 1 aromatic rings. The van der Waals surface area contributed by atoms with Crippen LogP contribution in [0.3, 0.4) is 0 Å². The van der Waals surface area contributed by atoms with Crippen LogP contribution in [0.25, 0.3) is 0 Å². The summed E-state index contributed by atoms with van der Waals surface area (Å²) in [5.41, 5.74) is 12.0. The summed E-state index contributed by atoms with van der Waals surface area (Å²) in [4.78, 5) is 11.3. The maximum absolute atomic E-state index is 11.3. The van der Waals surface area contributed by atoms with Gasteiger partial charge in [0.1, 0.15) is 0 Å². The summed E-state index contributed by atoms with van der Waals surface area (Å²) in [6, 6.07) is 4.61. The number of rotatable bonds is 2. The number of carbonyl (C=O) groups excluding carboxylic acids is 1. The molecule has 0 saturated heterocycles. The Morgan fingerprint density at radius 3 is 2.50 bits per heavy atom. The van der Waals surface area contributed by atoms with Gasteiger partial charge in [0, 0.05) is 5.56 Å². The van der Waals surface area contributed by atoms with E-state index >= 15 is 0 Å². The first-order valence-electron chi connectivity index (χ1n) is 3.78. The van der Waals surface area contributed by atoms with Crippen LogP contribution in [0, 0.1) is 11.3 Å². The van der Waals surface area contributed by atoms with Gasteiger partial charge in [-0.15, -0.1) is 11.6 Å². The van der Waals surface area contributed by atoms with E-state index in [4.69, 9.17) is 28.3 Å². The fourth-order valence-corrected chi connectivity index (χ4v) is 1.17. The van der Waals surface area contributed by atoms with Crippen molar-refractivity contribution >= 4 is 28.8 Å². The van der Waals surface area contributed by atoms with Gasteiger partial charge in [-0.25, -0.2) is 0 Å². The Balaban J connectivity index is 3.36. The predicted molar refractivity (Wildman–Crippen MR) is 55.0 cm³/mol. The molecular formula is C9H8ClN3O. The standard InChI is InChI=1S/C9H8ClN3O/c10-3-9(14)6-2-8(13)7(12)1-5(6)4-11/h1-2H,3,12-13H2. The zero-order chi connectivity index (χ0) is 10.7. The largest absolute Gasteiger partial charge is 0.397 e. The van der Waals surface area contributed by atoms with Crippen LogP contribution < -0.4 is 11.5 Å². The lowest BCUT2D eigenvalue weighted by atomic mass is 10.0. The lowest BCUT2D eigenvalue weighted by Gasteiger charge is -2.05. The minimum absolute atomic E-state index is 0.183. The summed E-state index contributed by atoms with van der Waals surface area (Å²) in [7, 11) is 0. The van der Waals surface area contributed by atoms with Crippen LogP contribution in [0.1, 0.15) is 15.9 Å². The zero-order valence-corrected chi connectivity index (χ0v) is 8.01. The van der Waals surface area contributed by atoms with Crippen LogP contribution in [0.4, 0.5) is 11.4 Å². The number of hydrogen-bond donors (Lipinski definition) is 2. The van der Waals surface area contributed by atoms with Crippen molar-refractivity contribution in [3.63, 3.8) is 0 Å². The molecule has 0 atom stereocenters. The number of benzene rings is 1. The third-order valence-electron chi connectivity index (χ3n) is 1.77. The molecule has 1 aromatic carbocycles. The highest BCUT2D eigenvalue weighted by Gasteiger charge is 2.12. The number of nitrogens with zero attached hydrogens (tertiary/aromatic N) is 1. The number of carbonyl (C=O) groups is 1. The lowest BCUT2D eigenvalue weighted by molar-refractivity contribution is 0.102. The highest BCUT2D eigenvalue weighted by atomic mass is 35.5. The first-order valence-corrected chi connectivity index (χ1v) is 4.32. The molecule has 0 spiro atoms. The first-order chi connectivity index (χ1) is 6.60. The van der Waals surface area contributed by atoms with Crippen LogP contribution in [0.15, 0.2) is 12.1 Å². The van der Waals surface area contributed by atoms with Gasteiger partial charge in [0.25, 0.3) is 0 Å². The van der Waals surface area contributed by atoms with Crippen molar-refractivity contribution in [3.8, 4) is 6.07 Å². The number of anilines is 2. The van der Waals surface area contributed by atoms with Crippen molar-refractivity contribution in [2.75, 3.05) is 17.3 Å². The Bertz CT molecular complexity index is 423. The van der Waals surface area contributed by atoms with Crippen LogP contribution in [0.5, 0.6) is 0 Å². The highest BCUT2D eigenvalue weighted by Crippen LogP contribution is 2.21. The Morgan fingerprint density at radius 1 is 1.43 bits per heavy atom. The van der Waals surface area contributed by atoms with E-state index in [0.717, 1.165) is 0 Å². The van der Waals surface area contributed by atoms with Gasteiger partial charge < -0.3 is 11.5 Å². The molecule has 4 nitrogen and oxygen atoms in total. The molecule has 1 rings (SSSR count). The summed E-state index contributed by atoms with van der Waals surface area (Å²) < 4.78 is 0. The maximum atomic E-state index is 11.3. The van der Waals surface area contributed by atoms with Crippen molar-refractivity contribution < 1.29 is 4.79 Å². The van der Waals surface area contributed by atoms with Gasteiger partial charge in [-0.05, 0) is 12.1 Å². The van der Waals surface area contributed by atoms with E-state index < -0.39 is 0 Å². The summed E-state index contributed by atoms with van der Waals surface area (Å²) >= 11 is 5.38. The monoisotopic (exact) mass is 209 g/mol. The molecule has 0 unspecified atom stereocenters. The summed E-state index contributed by atoms with van der Waals surface area (Å²) in [5, 5.41) is 8.74. The van der Waals surface area contributed by atoms with E-state index in [0.29, 0.717) is 0 Å². The van der Waals surface area contributed by atoms with Crippen molar-refractivity contribution in [1.29, 1.82) is 5.26 Å². The normalized spacial score (nSPS) is 9.43. The van der Waals surface area contributed by atoms with Crippen molar-refractivity contribution in [3.05, 3.63) is 23.3 Å². The van der Waals surface area contributed by atoms with Crippen molar-refractivity contribution in [2.45, 2.75) is 0 Å². The molecule has 5 heteroatoms. The SMILES string of the molecule is N#Cc1cc(N)c(N)cc1C(=O)CCl. The molecule has 0 bridgehead atoms. The molecule has 0 heterocycles. The molecule has 0 amide bonds. The topological polar surface area (TPSA) is 92.9 Å². The number of halogens is 1. The Labute approximate surface area is 86.1 Å². The summed E-state index contributed by atoms with van der Waals surface area (Å²) in [6.45, 7) is 0. The molecule has 0 radical (unpaired) electrons. The van der Waals surface area contributed by atoms with Crippen LogP contribution in [0.2, 0.25) is 0 Å². The van der Waals surface area contributed by atoms with E-state index in [1.165, 1.54) is 12.1 Å². The van der Waals surface area contributed by atoms with Crippen LogP contribution in [-0.4, -0.2) is 11.7 Å².